The fourth-order valence-corrected chi connectivity index (χ4v) is 7.82. The fraction of sp³-hybridized carbons (Fsp3) is 0.200. The van der Waals surface area contributed by atoms with Crippen LogP contribution in [0.4, 0.5) is 0 Å². The van der Waals surface area contributed by atoms with Gasteiger partial charge in [0.05, 0.1) is 8.80 Å². The molecule has 0 nitrogen and oxygen atoms in total. The second-order valence-corrected chi connectivity index (χ2v) is 9.68. The van der Waals surface area contributed by atoms with Crippen molar-refractivity contribution in [3.8, 4) is 0 Å². The Kier molecular flexibility index (Phi) is 4.89. The summed E-state index contributed by atoms with van der Waals surface area (Å²) in [4.78, 5) is 0. The molecule has 2 aliphatic rings. The van der Waals surface area contributed by atoms with E-state index < -0.39 is 8.80 Å². The summed E-state index contributed by atoms with van der Waals surface area (Å²) < 4.78 is 0. The maximum absolute atomic E-state index is 2.47. The van der Waals surface area contributed by atoms with Gasteiger partial charge in [-0.25, -0.2) is 0 Å². The van der Waals surface area contributed by atoms with Crippen molar-refractivity contribution in [3.05, 3.63) is 82.9 Å². The molecule has 0 fully saturated rings. The van der Waals surface area contributed by atoms with Crippen molar-refractivity contribution in [1.29, 1.82) is 0 Å². The van der Waals surface area contributed by atoms with Crippen LogP contribution in [0.3, 0.4) is 0 Å². The molecule has 0 bridgehead atoms. The molecule has 2 heteroatoms. The molecule has 2 aromatic carbocycles. The number of allylic oxidation sites excluding steroid dienone is 2. The Bertz CT molecular complexity index is 670. The van der Waals surface area contributed by atoms with Gasteiger partial charge in [0.15, 0.2) is 0 Å². The van der Waals surface area contributed by atoms with Gasteiger partial charge in [0, 0.05) is 0 Å². The third-order valence-electron chi connectivity index (χ3n) is 5.07. The first-order valence-corrected chi connectivity index (χ1v) is 10.1. The molecular weight excluding hydrogens is 291 g/mol. The molecule has 0 saturated heterocycles. The normalized spacial score (nSPS) is 22.0. The van der Waals surface area contributed by atoms with E-state index in [1.54, 1.807) is 11.1 Å². The topological polar surface area (TPSA) is 0 Å². The molecule has 0 amide bonds. The van der Waals surface area contributed by atoms with Gasteiger partial charge in [-0.15, -0.1) is 0 Å². The number of hydrogen-bond donors (Lipinski definition) is 0. The Balaban J connectivity index is 0.00000144. The standard InChI is InChI=1S/C20H20Si.Na.H/c1-2-21(19-13-11-15-7-3-5-9-17(15)19)20-14-12-16-8-4-6-10-18(16)20;;/h3-14,19-21H,2H2,1H3;;. The van der Waals surface area contributed by atoms with E-state index in [-0.39, 0.29) is 29.6 Å². The second kappa shape index (κ2) is 6.72. The van der Waals surface area contributed by atoms with Crippen LogP contribution in [0.5, 0.6) is 0 Å². The van der Waals surface area contributed by atoms with Gasteiger partial charge in [0.25, 0.3) is 0 Å². The predicted octanol–water partition coefficient (Wildman–Crippen LogP) is 4.28. The van der Waals surface area contributed by atoms with E-state index in [4.69, 9.17) is 0 Å². The molecule has 0 radical (unpaired) electrons. The molecule has 106 valence electrons. The van der Waals surface area contributed by atoms with Gasteiger partial charge >= 0.3 is 29.6 Å². The molecule has 0 N–H and O–H groups in total. The van der Waals surface area contributed by atoms with E-state index >= 15 is 0 Å². The van der Waals surface area contributed by atoms with Gasteiger partial charge in [0.2, 0.25) is 0 Å². The third-order valence-corrected chi connectivity index (χ3v) is 9.02. The molecular formula is C20H21NaSi. The SMILES string of the molecule is CC[SiH](C1C=Cc2ccccc21)C1C=Cc2ccccc21.[NaH]. The molecule has 2 unspecified atom stereocenters. The Hall–Kier alpha value is -0.863. The van der Waals surface area contributed by atoms with Crippen LogP contribution in [0, 0.1) is 0 Å². The molecule has 2 aliphatic carbocycles. The first-order chi connectivity index (χ1) is 10.4. The minimum absolute atomic E-state index is 0. The van der Waals surface area contributed by atoms with E-state index in [1.807, 2.05) is 0 Å². The van der Waals surface area contributed by atoms with Crippen LogP contribution in [0.25, 0.3) is 12.2 Å². The van der Waals surface area contributed by atoms with Gasteiger partial charge in [-0.3, -0.25) is 0 Å². The zero-order valence-electron chi connectivity index (χ0n) is 12.4. The third kappa shape index (κ3) is 2.61. The Morgan fingerprint density at radius 3 is 1.68 bits per heavy atom. The summed E-state index contributed by atoms with van der Waals surface area (Å²) in [5.74, 6) is 0. The second-order valence-electron chi connectivity index (χ2n) is 6.10. The van der Waals surface area contributed by atoms with E-state index in [0.717, 1.165) is 0 Å². The molecule has 0 spiro atoms. The maximum atomic E-state index is 2.47. The molecule has 22 heavy (non-hydrogen) atoms. The summed E-state index contributed by atoms with van der Waals surface area (Å²) in [7, 11) is -0.966. The first-order valence-electron chi connectivity index (χ1n) is 7.92. The van der Waals surface area contributed by atoms with Crippen LogP contribution < -0.4 is 0 Å². The van der Waals surface area contributed by atoms with Crippen molar-refractivity contribution in [2.75, 3.05) is 0 Å². The molecule has 2 aromatic rings. The van der Waals surface area contributed by atoms with Crippen molar-refractivity contribution in [2.45, 2.75) is 24.1 Å². The zero-order chi connectivity index (χ0) is 14.2. The average molecular weight is 312 g/mol. The van der Waals surface area contributed by atoms with Crippen molar-refractivity contribution in [3.63, 3.8) is 0 Å². The van der Waals surface area contributed by atoms with Gasteiger partial charge in [0.1, 0.15) is 0 Å². The molecule has 0 aromatic heterocycles. The number of rotatable bonds is 3. The Morgan fingerprint density at radius 2 is 1.23 bits per heavy atom. The van der Waals surface area contributed by atoms with Crippen LogP contribution in [0.15, 0.2) is 60.7 Å². The minimum atomic E-state index is -0.966. The van der Waals surface area contributed by atoms with Gasteiger partial charge < -0.3 is 0 Å². The molecule has 4 rings (SSSR count). The average Bonchev–Trinajstić information content (AvgIpc) is 3.14. The Morgan fingerprint density at radius 1 is 0.773 bits per heavy atom. The van der Waals surface area contributed by atoms with Crippen LogP contribution in [-0.4, -0.2) is 38.4 Å². The van der Waals surface area contributed by atoms with Crippen molar-refractivity contribution >= 4 is 50.5 Å². The quantitative estimate of drug-likeness (QED) is 0.742. The summed E-state index contributed by atoms with van der Waals surface area (Å²) in [5, 5.41) is 0. The van der Waals surface area contributed by atoms with Crippen LogP contribution >= 0.6 is 0 Å². The first kappa shape index (κ1) is 16.0. The zero-order valence-corrected chi connectivity index (χ0v) is 13.5. The summed E-state index contributed by atoms with van der Waals surface area (Å²) in [5.41, 5.74) is 7.37. The summed E-state index contributed by atoms with van der Waals surface area (Å²) in [6.07, 6.45) is 9.61. The fourth-order valence-electron chi connectivity index (χ4n) is 4.03. The van der Waals surface area contributed by atoms with Crippen molar-refractivity contribution < 1.29 is 0 Å². The van der Waals surface area contributed by atoms with Crippen LogP contribution in [0.1, 0.15) is 40.3 Å². The predicted molar refractivity (Wildman–Crippen MR) is 101 cm³/mol. The number of hydrogen-bond acceptors (Lipinski definition) is 0. The summed E-state index contributed by atoms with van der Waals surface area (Å²) in [6.45, 7) is 2.39. The monoisotopic (exact) mass is 312 g/mol. The van der Waals surface area contributed by atoms with Crippen LogP contribution in [0.2, 0.25) is 6.04 Å². The summed E-state index contributed by atoms with van der Waals surface area (Å²) in [6, 6.07) is 19.2. The molecule has 2 atom stereocenters. The van der Waals surface area contributed by atoms with Crippen molar-refractivity contribution in [1.82, 2.24) is 0 Å². The van der Waals surface area contributed by atoms with Gasteiger partial charge in [-0.2, -0.15) is 0 Å². The van der Waals surface area contributed by atoms with E-state index in [1.165, 1.54) is 17.2 Å². The number of fused-ring (bicyclic) bond motifs is 2. The van der Waals surface area contributed by atoms with E-state index in [9.17, 15) is 0 Å². The van der Waals surface area contributed by atoms with Crippen molar-refractivity contribution in [2.24, 2.45) is 0 Å². The van der Waals surface area contributed by atoms with Crippen LogP contribution in [-0.2, 0) is 0 Å². The van der Waals surface area contributed by atoms with Gasteiger partial charge in [-0.05, 0) is 33.3 Å². The summed E-state index contributed by atoms with van der Waals surface area (Å²) >= 11 is 0. The number of benzene rings is 2. The molecule has 0 heterocycles. The Labute approximate surface area is 156 Å². The molecule has 0 saturated carbocycles. The molecule has 0 aliphatic heterocycles. The van der Waals surface area contributed by atoms with E-state index in [0.29, 0.717) is 11.1 Å². The van der Waals surface area contributed by atoms with Gasteiger partial charge in [-0.1, -0.05) is 85.8 Å². The van der Waals surface area contributed by atoms with E-state index in [2.05, 4.69) is 79.8 Å².